The van der Waals surface area contributed by atoms with Gasteiger partial charge in [-0.15, -0.1) is 0 Å². The number of benzene rings is 2. The minimum absolute atomic E-state index is 0.222. The zero-order chi connectivity index (χ0) is 14.7. The van der Waals surface area contributed by atoms with Crippen LogP contribution in [-0.4, -0.2) is 5.91 Å². The number of rotatable bonds is 3. The summed E-state index contributed by atoms with van der Waals surface area (Å²) in [7, 11) is 0. The zero-order valence-corrected chi connectivity index (χ0v) is 14.8. The van der Waals surface area contributed by atoms with Crippen molar-refractivity contribution >= 4 is 53.7 Å². The van der Waals surface area contributed by atoms with Crippen LogP contribution in [0.1, 0.15) is 15.9 Å². The van der Waals surface area contributed by atoms with Crippen LogP contribution in [0.2, 0.25) is 0 Å². The van der Waals surface area contributed by atoms with Crippen LogP contribution in [0.15, 0.2) is 49.8 Å². The Balaban J connectivity index is 2.10. The topological polar surface area (TPSA) is 29.1 Å². The zero-order valence-electron chi connectivity index (χ0n) is 10.1. The lowest BCUT2D eigenvalue weighted by Gasteiger charge is -2.09. The van der Waals surface area contributed by atoms with Gasteiger partial charge in [0.1, 0.15) is 5.82 Å². The van der Waals surface area contributed by atoms with Crippen LogP contribution in [0.3, 0.4) is 0 Å². The van der Waals surface area contributed by atoms with E-state index in [0.717, 1.165) is 8.95 Å². The molecule has 1 amide bonds. The molecule has 2 rings (SSSR count). The highest BCUT2D eigenvalue weighted by Gasteiger charge is 2.11. The summed E-state index contributed by atoms with van der Waals surface area (Å²) < 4.78 is 15.5. The van der Waals surface area contributed by atoms with Gasteiger partial charge in [0.25, 0.3) is 5.91 Å². The molecular formula is C14H9Br3FNO. The lowest BCUT2D eigenvalue weighted by atomic mass is 10.2. The van der Waals surface area contributed by atoms with Gasteiger partial charge in [-0.25, -0.2) is 4.39 Å². The normalized spacial score (nSPS) is 10.4. The molecule has 0 spiro atoms. The van der Waals surface area contributed by atoms with Crippen molar-refractivity contribution in [2.45, 2.75) is 6.54 Å². The van der Waals surface area contributed by atoms with E-state index >= 15 is 0 Å². The molecule has 6 heteroatoms. The first kappa shape index (κ1) is 15.7. The molecule has 0 unspecified atom stereocenters. The van der Waals surface area contributed by atoms with Crippen molar-refractivity contribution in [2.75, 3.05) is 0 Å². The Labute approximate surface area is 141 Å². The quantitative estimate of drug-likeness (QED) is 0.675. The Hall–Kier alpha value is -0.720. The minimum Gasteiger partial charge on any atom is -0.348 e. The van der Waals surface area contributed by atoms with Crippen molar-refractivity contribution in [2.24, 2.45) is 0 Å². The van der Waals surface area contributed by atoms with Crippen LogP contribution in [0.5, 0.6) is 0 Å². The highest BCUT2D eigenvalue weighted by Crippen LogP contribution is 2.22. The van der Waals surface area contributed by atoms with Gasteiger partial charge >= 0.3 is 0 Å². The molecule has 0 saturated heterocycles. The second-order valence-electron chi connectivity index (χ2n) is 4.04. The molecule has 20 heavy (non-hydrogen) atoms. The summed E-state index contributed by atoms with van der Waals surface area (Å²) in [5, 5.41) is 2.76. The van der Waals surface area contributed by atoms with Gasteiger partial charge in [0, 0.05) is 20.0 Å². The van der Waals surface area contributed by atoms with Crippen LogP contribution in [0.25, 0.3) is 0 Å². The number of nitrogens with one attached hydrogen (secondary N) is 1. The SMILES string of the molecule is O=C(NCc1cc(F)ccc1Br)c1ccc(Br)cc1Br. The first-order valence-electron chi connectivity index (χ1n) is 5.64. The summed E-state index contributed by atoms with van der Waals surface area (Å²) in [4.78, 5) is 12.1. The van der Waals surface area contributed by atoms with E-state index in [-0.39, 0.29) is 18.3 Å². The maximum atomic E-state index is 13.2. The van der Waals surface area contributed by atoms with Crippen molar-refractivity contribution < 1.29 is 9.18 Å². The fourth-order valence-corrected chi connectivity index (χ4v) is 3.24. The lowest BCUT2D eigenvalue weighted by Crippen LogP contribution is -2.23. The van der Waals surface area contributed by atoms with E-state index in [2.05, 4.69) is 53.1 Å². The molecule has 0 radical (unpaired) electrons. The van der Waals surface area contributed by atoms with Gasteiger partial charge in [-0.3, -0.25) is 4.79 Å². The second kappa shape index (κ2) is 6.83. The van der Waals surface area contributed by atoms with E-state index in [1.165, 1.54) is 12.1 Å². The van der Waals surface area contributed by atoms with E-state index in [9.17, 15) is 9.18 Å². The van der Waals surface area contributed by atoms with Gasteiger partial charge < -0.3 is 5.32 Å². The first-order chi connectivity index (χ1) is 9.47. The average Bonchev–Trinajstić information content (AvgIpc) is 2.39. The van der Waals surface area contributed by atoms with E-state index in [1.54, 1.807) is 24.3 Å². The molecule has 2 aromatic rings. The maximum Gasteiger partial charge on any atom is 0.252 e. The Morgan fingerprint density at radius 1 is 1.05 bits per heavy atom. The molecule has 2 aromatic carbocycles. The largest absolute Gasteiger partial charge is 0.348 e. The predicted molar refractivity (Wildman–Crippen MR) is 87.1 cm³/mol. The van der Waals surface area contributed by atoms with E-state index in [0.29, 0.717) is 15.6 Å². The molecule has 104 valence electrons. The molecule has 0 fully saturated rings. The molecule has 0 aromatic heterocycles. The fraction of sp³-hybridized carbons (Fsp3) is 0.0714. The van der Waals surface area contributed by atoms with Gasteiger partial charge in [-0.1, -0.05) is 31.9 Å². The Morgan fingerprint density at radius 2 is 1.80 bits per heavy atom. The fourth-order valence-electron chi connectivity index (χ4n) is 1.62. The van der Waals surface area contributed by atoms with Crippen molar-refractivity contribution in [3.05, 3.63) is 66.8 Å². The number of carbonyl (C=O) groups excluding carboxylic acids is 1. The molecule has 0 saturated carbocycles. The Morgan fingerprint density at radius 3 is 2.50 bits per heavy atom. The molecule has 0 aliphatic rings. The highest BCUT2D eigenvalue weighted by molar-refractivity contribution is 9.11. The third kappa shape index (κ3) is 3.90. The summed E-state index contributed by atoms with van der Waals surface area (Å²) in [6.45, 7) is 0.250. The molecule has 0 bridgehead atoms. The molecule has 0 aliphatic heterocycles. The van der Waals surface area contributed by atoms with Crippen LogP contribution in [0.4, 0.5) is 4.39 Å². The number of carbonyl (C=O) groups is 1. The van der Waals surface area contributed by atoms with Crippen LogP contribution >= 0.6 is 47.8 Å². The summed E-state index contributed by atoms with van der Waals surface area (Å²) >= 11 is 10.00. The third-order valence-electron chi connectivity index (χ3n) is 2.62. The molecule has 1 N–H and O–H groups in total. The number of amides is 1. The van der Waals surface area contributed by atoms with E-state index in [4.69, 9.17) is 0 Å². The first-order valence-corrected chi connectivity index (χ1v) is 8.02. The van der Waals surface area contributed by atoms with Crippen molar-refractivity contribution in [1.82, 2.24) is 5.32 Å². The third-order valence-corrected chi connectivity index (χ3v) is 4.55. The van der Waals surface area contributed by atoms with Crippen molar-refractivity contribution in [3.63, 3.8) is 0 Å². The molecule has 0 aliphatic carbocycles. The lowest BCUT2D eigenvalue weighted by molar-refractivity contribution is 0.0950. The number of hydrogen-bond acceptors (Lipinski definition) is 1. The second-order valence-corrected chi connectivity index (χ2v) is 6.67. The summed E-state index contributed by atoms with van der Waals surface area (Å²) in [6.07, 6.45) is 0. The monoisotopic (exact) mass is 463 g/mol. The summed E-state index contributed by atoms with van der Waals surface area (Å²) in [5.41, 5.74) is 1.22. The average molecular weight is 466 g/mol. The predicted octanol–water partition coefficient (Wildman–Crippen LogP) is 5.04. The standard InChI is InChI=1S/C14H9Br3FNO/c15-9-1-3-11(13(17)6-9)14(20)19-7-8-5-10(18)2-4-12(8)16/h1-6H,7H2,(H,19,20). The van der Waals surface area contributed by atoms with Gasteiger partial charge in [-0.05, 0) is 57.9 Å². The van der Waals surface area contributed by atoms with Crippen LogP contribution in [0, 0.1) is 5.82 Å². The Kier molecular flexibility index (Phi) is 5.35. The Bertz CT molecular complexity index is 661. The van der Waals surface area contributed by atoms with Gasteiger partial charge in [0.05, 0.1) is 5.56 Å². The summed E-state index contributed by atoms with van der Waals surface area (Å²) in [6, 6.07) is 9.67. The summed E-state index contributed by atoms with van der Waals surface area (Å²) in [5.74, 6) is -0.553. The van der Waals surface area contributed by atoms with E-state index in [1.807, 2.05) is 0 Å². The maximum absolute atomic E-state index is 13.2. The molecule has 2 nitrogen and oxygen atoms in total. The highest BCUT2D eigenvalue weighted by atomic mass is 79.9. The number of halogens is 4. The smallest absolute Gasteiger partial charge is 0.252 e. The number of hydrogen-bond donors (Lipinski definition) is 1. The molecular weight excluding hydrogens is 457 g/mol. The van der Waals surface area contributed by atoms with E-state index < -0.39 is 0 Å². The van der Waals surface area contributed by atoms with Gasteiger partial charge in [0.2, 0.25) is 0 Å². The van der Waals surface area contributed by atoms with Crippen molar-refractivity contribution in [3.8, 4) is 0 Å². The van der Waals surface area contributed by atoms with Crippen LogP contribution in [-0.2, 0) is 6.54 Å². The van der Waals surface area contributed by atoms with Gasteiger partial charge in [0.15, 0.2) is 0 Å². The van der Waals surface area contributed by atoms with Crippen LogP contribution < -0.4 is 5.32 Å². The molecule has 0 atom stereocenters. The van der Waals surface area contributed by atoms with Crippen molar-refractivity contribution in [1.29, 1.82) is 0 Å². The van der Waals surface area contributed by atoms with Gasteiger partial charge in [-0.2, -0.15) is 0 Å². The minimum atomic E-state index is -0.331. The molecule has 0 heterocycles.